The summed E-state index contributed by atoms with van der Waals surface area (Å²) < 4.78 is 74.4. The van der Waals surface area contributed by atoms with Gasteiger partial charge >= 0.3 is 18.5 Å². The molecular formula is C6H7F6O. The third-order valence-corrected chi connectivity index (χ3v) is 1.09. The SMILES string of the molecule is [CH2]CCOC(F)(F)C(F)(F)C(F)F. The van der Waals surface area contributed by atoms with Gasteiger partial charge in [0.15, 0.2) is 0 Å². The molecule has 0 aliphatic heterocycles. The highest BCUT2D eigenvalue weighted by molar-refractivity contribution is 4.79. The molecule has 79 valence electrons. The second kappa shape index (κ2) is 4.17. The summed E-state index contributed by atoms with van der Waals surface area (Å²) >= 11 is 0. The maximum Gasteiger partial charge on any atom is 0.425 e. The zero-order chi connectivity index (χ0) is 10.7. The van der Waals surface area contributed by atoms with Crippen LogP contribution in [0.5, 0.6) is 0 Å². The molecule has 0 heterocycles. The third kappa shape index (κ3) is 2.75. The van der Waals surface area contributed by atoms with Crippen LogP contribution in [0.4, 0.5) is 26.3 Å². The average Bonchev–Trinajstić information content (AvgIpc) is 2.00. The van der Waals surface area contributed by atoms with Gasteiger partial charge in [0.1, 0.15) is 0 Å². The first-order chi connectivity index (χ1) is 5.75. The summed E-state index contributed by atoms with van der Waals surface area (Å²) in [6, 6.07) is 0. The molecule has 0 aromatic rings. The number of hydrogen-bond donors (Lipinski definition) is 0. The fraction of sp³-hybridized carbons (Fsp3) is 0.833. The smallest absolute Gasteiger partial charge is 0.316 e. The highest BCUT2D eigenvalue weighted by Gasteiger charge is 2.64. The maximum atomic E-state index is 12.2. The zero-order valence-corrected chi connectivity index (χ0v) is 6.37. The van der Waals surface area contributed by atoms with Crippen LogP contribution in [-0.2, 0) is 4.74 Å². The first-order valence-electron chi connectivity index (χ1n) is 3.22. The van der Waals surface area contributed by atoms with E-state index in [0.717, 1.165) is 0 Å². The molecule has 0 fully saturated rings. The summed E-state index contributed by atoms with van der Waals surface area (Å²) in [5, 5.41) is 0. The molecule has 0 N–H and O–H groups in total. The molecular weight excluding hydrogens is 202 g/mol. The molecule has 13 heavy (non-hydrogen) atoms. The number of halogens is 6. The van der Waals surface area contributed by atoms with E-state index in [9.17, 15) is 26.3 Å². The predicted octanol–water partition coefficient (Wildman–Crippen LogP) is 2.72. The fourth-order valence-corrected chi connectivity index (χ4v) is 0.424. The molecule has 0 saturated carbocycles. The summed E-state index contributed by atoms with van der Waals surface area (Å²) in [5.74, 6) is -5.47. The minimum Gasteiger partial charge on any atom is -0.316 e. The van der Waals surface area contributed by atoms with Crippen LogP contribution in [0.3, 0.4) is 0 Å². The summed E-state index contributed by atoms with van der Waals surface area (Å²) in [4.78, 5) is 0. The van der Waals surface area contributed by atoms with Gasteiger partial charge in [0, 0.05) is 0 Å². The first kappa shape index (κ1) is 12.5. The highest BCUT2D eigenvalue weighted by Crippen LogP contribution is 2.39. The lowest BCUT2D eigenvalue weighted by Crippen LogP contribution is -2.48. The van der Waals surface area contributed by atoms with Gasteiger partial charge in [-0.2, -0.15) is 17.6 Å². The minimum atomic E-state index is -5.47. The van der Waals surface area contributed by atoms with Crippen molar-refractivity contribution < 1.29 is 31.1 Å². The van der Waals surface area contributed by atoms with Crippen molar-refractivity contribution in [3.63, 3.8) is 0 Å². The Morgan fingerprint density at radius 2 is 1.62 bits per heavy atom. The Balaban J connectivity index is 4.41. The molecule has 7 heteroatoms. The van der Waals surface area contributed by atoms with Crippen LogP contribution in [0.15, 0.2) is 0 Å². The minimum absolute atomic E-state index is 0.213. The van der Waals surface area contributed by atoms with Crippen molar-refractivity contribution in [3.05, 3.63) is 6.92 Å². The van der Waals surface area contributed by atoms with Gasteiger partial charge in [-0.15, -0.1) is 0 Å². The predicted molar refractivity (Wildman–Crippen MR) is 31.8 cm³/mol. The molecule has 0 aliphatic rings. The molecule has 0 aliphatic carbocycles. The Kier molecular flexibility index (Phi) is 4.02. The van der Waals surface area contributed by atoms with Crippen molar-refractivity contribution in [2.75, 3.05) is 6.61 Å². The van der Waals surface area contributed by atoms with E-state index in [4.69, 9.17) is 0 Å². The van der Waals surface area contributed by atoms with Crippen LogP contribution in [0.25, 0.3) is 0 Å². The second-order valence-electron chi connectivity index (χ2n) is 2.14. The molecule has 0 spiro atoms. The number of hydrogen-bond acceptors (Lipinski definition) is 1. The third-order valence-electron chi connectivity index (χ3n) is 1.09. The summed E-state index contributed by atoms with van der Waals surface area (Å²) in [6.07, 6.45) is -9.83. The Morgan fingerprint density at radius 1 is 1.15 bits per heavy atom. The molecule has 0 bridgehead atoms. The van der Waals surface area contributed by atoms with Crippen molar-refractivity contribution in [1.82, 2.24) is 0 Å². The van der Waals surface area contributed by atoms with Gasteiger partial charge in [-0.3, -0.25) is 0 Å². The maximum absolute atomic E-state index is 12.2. The van der Waals surface area contributed by atoms with Crippen molar-refractivity contribution in [3.8, 4) is 0 Å². The monoisotopic (exact) mass is 209 g/mol. The van der Waals surface area contributed by atoms with Crippen LogP contribution < -0.4 is 0 Å². The zero-order valence-electron chi connectivity index (χ0n) is 6.37. The van der Waals surface area contributed by atoms with E-state index in [2.05, 4.69) is 11.7 Å². The van der Waals surface area contributed by atoms with E-state index in [-0.39, 0.29) is 6.42 Å². The van der Waals surface area contributed by atoms with Crippen molar-refractivity contribution >= 4 is 0 Å². The van der Waals surface area contributed by atoms with Gasteiger partial charge < -0.3 is 4.74 Å². The number of rotatable bonds is 5. The average molecular weight is 209 g/mol. The molecule has 0 atom stereocenters. The summed E-state index contributed by atoms with van der Waals surface area (Å²) in [7, 11) is 0. The summed E-state index contributed by atoms with van der Waals surface area (Å²) in [6.45, 7) is 2.21. The molecule has 0 aromatic heterocycles. The van der Waals surface area contributed by atoms with Gasteiger partial charge in [0.25, 0.3) is 0 Å². The molecule has 1 nitrogen and oxygen atoms in total. The Hall–Kier alpha value is -0.460. The molecule has 1 radical (unpaired) electrons. The van der Waals surface area contributed by atoms with Crippen LogP contribution in [0, 0.1) is 6.92 Å². The molecule has 0 rings (SSSR count). The van der Waals surface area contributed by atoms with Gasteiger partial charge in [-0.1, -0.05) is 6.92 Å². The van der Waals surface area contributed by atoms with Gasteiger partial charge in [-0.05, 0) is 6.42 Å². The van der Waals surface area contributed by atoms with E-state index < -0.39 is 25.1 Å². The van der Waals surface area contributed by atoms with E-state index in [1.165, 1.54) is 0 Å². The Labute approximate surface area is 70.7 Å². The first-order valence-corrected chi connectivity index (χ1v) is 3.22. The lowest BCUT2D eigenvalue weighted by molar-refractivity contribution is -0.373. The highest BCUT2D eigenvalue weighted by atomic mass is 19.3. The second-order valence-corrected chi connectivity index (χ2v) is 2.14. The van der Waals surface area contributed by atoms with E-state index >= 15 is 0 Å². The molecule has 0 amide bonds. The molecule has 0 saturated heterocycles. The Bertz CT molecular complexity index is 157. The van der Waals surface area contributed by atoms with E-state index in [1.807, 2.05) is 0 Å². The van der Waals surface area contributed by atoms with Crippen molar-refractivity contribution in [2.24, 2.45) is 0 Å². The van der Waals surface area contributed by atoms with Gasteiger partial charge in [0.2, 0.25) is 0 Å². The van der Waals surface area contributed by atoms with Gasteiger partial charge in [0.05, 0.1) is 6.61 Å². The lowest BCUT2D eigenvalue weighted by atomic mass is 10.3. The van der Waals surface area contributed by atoms with Crippen molar-refractivity contribution in [1.29, 1.82) is 0 Å². The van der Waals surface area contributed by atoms with Crippen LogP contribution >= 0.6 is 0 Å². The lowest BCUT2D eigenvalue weighted by Gasteiger charge is -2.24. The fourth-order valence-electron chi connectivity index (χ4n) is 0.424. The van der Waals surface area contributed by atoms with Crippen LogP contribution in [0.2, 0.25) is 0 Å². The summed E-state index contributed by atoms with van der Waals surface area (Å²) in [5.41, 5.74) is 0. The number of ether oxygens (including phenoxy) is 1. The van der Waals surface area contributed by atoms with E-state index in [1.54, 1.807) is 0 Å². The largest absolute Gasteiger partial charge is 0.425 e. The topological polar surface area (TPSA) is 9.23 Å². The normalized spacial score (nSPS) is 13.8. The number of alkyl halides is 6. The quantitative estimate of drug-likeness (QED) is 0.632. The van der Waals surface area contributed by atoms with Crippen molar-refractivity contribution in [2.45, 2.75) is 24.9 Å². The van der Waals surface area contributed by atoms with Crippen LogP contribution in [-0.4, -0.2) is 25.1 Å². The molecule has 0 aromatic carbocycles. The Morgan fingerprint density at radius 3 is 1.92 bits per heavy atom. The van der Waals surface area contributed by atoms with Crippen LogP contribution in [0.1, 0.15) is 6.42 Å². The molecule has 0 unspecified atom stereocenters. The van der Waals surface area contributed by atoms with Gasteiger partial charge in [-0.25, -0.2) is 8.78 Å². The van der Waals surface area contributed by atoms with E-state index in [0.29, 0.717) is 0 Å². The standard InChI is InChI=1S/C6H7F6O/c1-2-3-13-6(11,12)5(9,10)4(7)8/h4H,1-3H2.